The summed E-state index contributed by atoms with van der Waals surface area (Å²) in [4.78, 5) is 59.3. The number of phosphoric acid groups is 2. The molecule has 0 saturated heterocycles. The number of aliphatic hydroxyl groups is 2. The maximum atomic E-state index is 13.1. The third-order valence-electron chi connectivity index (χ3n) is 22.7. The second-order valence-corrected chi connectivity index (χ2v) is 38.2. The van der Waals surface area contributed by atoms with Crippen LogP contribution >= 0.6 is 15.6 Å². The molecule has 0 radical (unpaired) electrons. The Morgan fingerprint density at radius 3 is 0.651 bits per heavy atom. The number of phosphoric ester groups is 2. The quantitative estimate of drug-likeness (QED) is 0.0146. The molecule has 0 aromatic carbocycles. The van der Waals surface area contributed by atoms with E-state index in [0.29, 0.717) is 19.3 Å². The first-order valence-electron chi connectivity index (χ1n) is 52.8. The number of hydrogen-bond donors (Lipinski definition) is 4. The molecule has 0 saturated carbocycles. The van der Waals surface area contributed by atoms with Crippen LogP contribution in [-0.4, -0.2) is 95.9 Å². The Labute approximate surface area is 790 Å². The fourth-order valence-corrected chi connectivity index (χ4v) is 16.3. The van der Waals surface area contributed by atoms with Gasteiger partial charge in [-0.25, -0.2) is 9.13 Å². The zero-order valence-electron chi connectivity index (χ0n) is 82.6. The molecule has 0 aromatic heterocycles. The Balaban J connectivity index is 4.57. The lowest BCUT2D eigenvalue weighted by atomic mass is 10.0. The van der Waals surface area contributed by atoms with Crippen molar-refractivity contribution in [1.82, 2.24) is 0 Å². The summed E-state index contributed by atoms with van der Waals surface area (Å²) in [5.41, 5.74) is 0. The highest BCUT2D eigenvalue weighted by atomic mass is 31.2. The van der Waals surface area contributed by atoms with E-state index in [1.165, 1.54) is 270 Å². The fraction of sp³-hybridized carbons (Fsp3) is 0.739. The molecule has 0 aliphatic heterocycles. The minimum absolute atomic E-state index is 0.0996. The van der Waals surface area contributed by atoms with Gasteiger partial charge in [-0.3, -0.25) is 32.5 Å². The highest BCUT2D eigenvalue weighted by Gasteiger charge is 2.30. The van der Waals surface area contributed by atoms with Crippen LogP contribution < -0.4 is 0 Å². The van der Waals surface area contributed by atoms with E-state index in [0.717, 1.165) is 141 Å². The van der Waals surface area contributed by atoms with Crippen LogP contribution in [0.2, 0.25) is 0 Å². The van der Waals surface area contributed by atoms with Gasteiger partial charge in [-0.05, 0) is 154 Å². The molecule has 0 amide bonds. The van der Waals surface area contributed by atoms with E-state index in [9.17, 15) is 43.5 Å². The molecule has 129 heavy (non-hydrogen) atoms. The molecule has 5 unspecified atom stereocenters. The number of esters is 3. The molecule has 744 valence electrons. The summed E-state index contributed by atoms with van der Waals surface area (Å²) in [6.07, 6.45) is 133. The fourth-order valence-electron chi connectivity index (χ4n) is 14.7. The topological polar surface area (TPSA) is 231 Å². The Kier molecular flexibility index (Phi) is 98.3. The molecular weight excluding hydrogens is 1650 g/mol. The number of allylic oxidation sites excluding steroid dienone is 26. The molecule has 0 spiro atoms. The summed E-state index contributed by atoms with van der Waals surface area (Å²) in [7, 11) is -9.82. The maximum Gasteiger partial charge on any atom is 0.472 e. The predicted octanol–water partition coefficient (Wildman–Crippen LogP) is 33.6. The van der Waals surface area contributed by atoms with Crippen LogP contribution in [0.25, 0.3) is 0 Å². The van der Waals surface area contributed by atoms with Crippen molar-refractivity contribution in [3.63, 3.8) is 0 Å². The van der Waals surface area contributed by atoms with Crippen LogP contribution in [0.4, 0.5) is 0 Å². The molecule has 0 aliphatic carbocycles. The highest BCUT2D eigenvalue weighted by molar-refractivity contribution is 7.47. The van der Waals surface area contributed by atoms with Crippen LogP contribution in [0.3, 0.4) is 0 Å². The second kappa shape index (κ2) is 102. The van der Waals surface area contributed by atoms with Gasteiger partial charge in [0.1, 0.15) is 25.4 Å². The molecule has 0 aromatic rings. The van der Waals surface area contributed by atoms with E-state index in [1.54, 1.807) is 0 Å². The molecule has 18 heteroatoms. The van der Waals surface area contributed by atoms with Crippen molar-refractivity contribution in [1.29, 1.82) is 0 Å². The van der Waals surface area contributed by atoms with Crippen LogP contribution in [0.15, 0.2) is 158 Å². The van der Waals surface area contributed by atoms with Crippen molar-refractivity contribution in [3.05, 3.63) is 158 Å². The summed E-state index contributed by atoms with van der Waals surface area (Å²) in [5.74, 6) is -1.56. The molecule has 0 bridgehead atoms. The number of hydrogen-bond acceptors (Lipinski definition) is 14. The molecule has 0 heterocycles. The molecule has 0 rings (SSSR count). The number of carbonyl (C=O) groups is 3. The normalized spacial score (nSPS) is 14.3. The molecule has 0 aliphatic rings. The minimum atomic E-state index is -4.95. The van der Waals surface area contributed by atoms with Gasteiger partial charge in [0.2, 0.25) is 0 Å². The molecule has 0 fully saturated rings. The van der Waals surface area contributed by atoms with Gasteiger partial charge in [0.05, 0.1) is 26.4 Å². The van der Waals surface area contributed by atoms with Gasteiger partial charge in [0.15, 0.2) is 6.10 Å². The zero-order chi connectivity index (χ0) is 93.5. The molecule has 4 N–H and O–H groups in total. The summed E-state index contributed by atoms with van der Waals surface area (Å²) >= 11 is 0. The van der Waals surface area contributed by atoms with Crippen molar-refractivity contribution in [2.45, 2.75) is 489 Å². The Hall–Kier alpha value is -4.83. The van der Waals surface area contributed by atoms with Gasteiger partial charge in [-0.1, -0.05) is 455 Å². The number of aliphatic hydroxyl groups excluding tert-OH is 2. The van der Waals surface area contributed by atoms with Gasteiger partial charge in [0.25, 0.3) is 0 Å². The third-order valence-corrected chi connectivity index (χ3v) is 24.6. The van der Waals surface area contributed by atoms with Gasteiger partial charge >= 0.3 is 33.6 Å². The molecule has 5 atom stereocenters. The maximum absolute atomic E-state index is 13.1. The van der Waals surface area contributed by atoms with Crippen LogP contribution in [0.5, 0.6) is 0 Å². The average Bonchev–Trinajstić information content (AvgIpc) is 0.899. The lowest BCUT2D eigenvalue weighted by Crippen LogP contribution is -2.30. The summed E-state index contributed by atoms with van der Waals surface area (Å²) in [6.45, 7) is 2.60. The van der Waals surface area contributed by atoms with Crippen molar-refractivity contribution in [3.8, 4) is 0 Å². The van der Waals surface area contributed by atoms with E-state index in [2.05, 4.69) is 179 Å². The first kappa shape index (κ1) is 124. The number of unbranched alkanes of at least 4 members (excludes halogenated alkanes) is 51. The summed E-state index contributed by atoms with van der Waals surface area (Å²) in [6, 6.07) is 0. The molecule has 16 nitrogen and oxygen atoms in total. The van der Waals surface area contributed by atoms with Gasteiger partial charge < -0.3 is 34.2 Å². The lowest BCUT2D eigenvalue weighted by Gasteiger charge is -2.21. The van der Waals surface area contributed by atoms with E-state index in [-0.39, 0.29) is 19.3 Å². The van der Waals surface area contributed by atoms with Crippen molar-refractivity contribution < 1.29 is 75.8 Å². The van der Waals surface area contributed by atoms with Crippen molar-refractivity contribution in [2.24, 2.45) is 0 Å². The third kappa shape index (κ3) is 104. The zero-order valence-corrected chi connectivity index (χ0v) is 84.4. The van der Waals surface area contributed by atoms with E-state index in [1.807, 2.05) is 0 Å². The number of ether oxygens (including phenoxy) is 3. The van der Waals surface area contributed by atoms with Crippen molar-refractivity contribution >= 4 is 33.6 Å². The van der Waals surface area contributed by atoms with Gasteiger partial charge in [0, 0.05) is 19.3 Å². The van der Waals surface area contributed by atoms with Gasteiger partial charge in [-0.15, -0.1) is 0 Å². The monoisotopic (exact) mass is 1850 g/mol. The first-order valence-corrected chi connectivity index (χ1v) is 55.8. The minimum Gasteiger partial charge on any atom is -0.463 e. The SMILES string of the molecule is CC/C=C\C/C=C\C/C=C\C/C=C\C/C=C\CCCCCCCCCCCCCCCCCCCCCC(=O)OCC(O)COP(=O)(O)OCC(O)COP(=O)(O)OCC(COC(=O)CCCCCCCCCCCCCCCCC/C=C\C/C=C\C/C=C\C/C=C\CCCCC)OC(=O)CCCCCCCCCCCCC/C=C\C/C=C\C/C=C\C/C=C\CCCCC. The number of carbonyl (C=O) groups excluding carboxylic acids is 3. The largest absolute Gasteiger partial charge is 0.472 e. The highest BCUT2D eigenvalue weighted by Crippen LogP contribution is 2.45. The van der Waals surface area contributed by atoms with E-state index >= 15 is 0 Å². The average molecular weight is 1850 g/mol. The predicted molar refractivity (Wildman–Crippen MR) is 546 cm³/mol. The van der Waals surface area contributed by atoms with E-state index in [4.69, 9.17) is 32.3 Å². The van der Waals surface area contributed by atoms with Crippen LogP contribution in [-0.2, 0) is 55.8 Å². The smallest absolute Gasteiger partial charge is 0.463 e. The Morgan fingerprint density at radius 1 is 0.225 bits per heavy atom. The Morgan fingerprint density at radius 2 is 0.411 bits per heavy atom. The second-order valence-electron chi connectivity index (χ2n) is 35.3. The van der Waals surface area contributed by atoms with E-state index < -0.39 is 91.5 Å². The van der Waals surface area contributed by atoms with Crippen LogP contribution in [0, 0.1) is 0 Å². The molecular formula is C111H194O16P2. The van der Waals surface area contributed by atoms with Crippen molar-refractivity contribution in [2.75, 3.05) is 39.6 Å². The summed E-state index contributed by atoms with van der Waals surface area (Å²) in [5, 5.41) is 20.8. The number of rotatable bonds is 100. The standard InChI is InChI=1S/C111H194O16P2/c1-4-7-10-13-16-19-22-25-28-31-34-37-40-43-46-48-50-51-52-53-55-57-59-61-64-67-70-73-76-79-82-85-88-91-94-97-109(114)121-100-106(112)101-123-128(117,118)124-102-107(113)103-125-129(119,120)126-105-108(127-111(116)99-96-93-90-87-84-81-78-75-72-69-66-63-58-45-42-39-36-33-30-27-24-21-18-15-12-9-6-3)104-122-110(115)98-95-92-89-86-83-80-77-74-71-68-65-62-60-56-54-49-47-44-41-38-35-32-29-26-23-20-17-14-11-8-5-2/h7,10,16-21,25-30,34-39,43-47,58,106-108,112-113H,4-6,8-9,11-15,22-24,31-33,40-42,48-57,59-105H2,1-3H3,(H,117,118)(H,119,120)/b10-7-,19-16-,20-17-,21-18-,28-25-,29-26-,30-27-,37-34-,38-35-,39-36-,46-43-,47-44-,58-45-. The van der Waals surface area contributed by atoms with Crippen LogP contribution in [0.1, 0.15) is 470 Å². The lowest BCUT2D eigenvalue weighted by molar-refractivity contribution is -0.161. The summed E-state index contributed by atoms with van der Waals surface area (Å²) < 4.78 is 61.8. The van der Waals surface area contributed by atoms with Gasteiger partial charge in [-0.2, -0.15) is 0 Å². The first-order chi connectivity index (χ1) is 63.2. The Bertz CT molecular complexity index is 2980.